The van der Waals surface area contributed by atoms with E-state index in [4.69, 9.17) is 10.2 Å². The van der Waals surface area contributed by atoms with E-state index in [1.54, 1.807) is 0 Å². The standard InChI is InChI=1S/C29H26N4O2/c1-18-15-16-22(17-19(18)2)25-28(20(3)30-32(26(28)34)23-11-7-5-8-12-23)29(25)21(4)31-33(27(29)35)24-13-9-6-10-14-24/h5-17,25H,1-4H3/t28-,29-/m1/s1. The van der Waals surface area contributed by atoms with Crippen LogP contribution in [0.2, 0.25) is 0 Å². The highest BCUT2D eigenvalue weighted by Crippen LogP contribution is 2.79. The van der Waals surface area contributed by atoms with Gasteiger partial charge in [0.25, 0.3) is 11.8 Å². The van der Waals surface area contributed by atoms with E-state index in [1.165, 1.54) is 15.6 Å². The maximum absolute atomic E-state index is 14.3. The summed E-state index contributed by atoms with van der Waals surface area (Å²) in [6.45, 7) is 7.86. The molecule has 2 aliphatic heterocycles. The first-order valence-corrected chi connectivity index (χ1v) is 11.8. The zero-order valence-corrected chi connectivity index (χ0v) is 20.2. The van der Waals surface area contributed by atoms with E-state index < -0.39 is 10.8 Å². The van der Waals surface area contributed by atoms with Crippen LogP contribution in [0.1, 0.15) is 36.5 Å². The molecule has 174 valence electrons. The molecule has 2 heterocycles. The molecule has 0 radical (unpaired) electrons. The molecule has 6 rings (SSSR count). The molecule has 35 heavy (non-hydrogen) atoms. The van der Waals surface area contributed by atoms with Gasteiger partial charge in [-0.15, -0.1) is 0 Å². The monoisotopic (exact) mass is 462 g/mol. The van der Waals surface area contributed by atoms with Gasteiger partial charge >= 0.3 is 0 Å². The SMILES string of the molecule is CC1=NN(c2ccccc2)C(=O)[C@]12C(c1ccc(C)c(C)c1)[C@]21C(=O)N(c2ccccc2)N=C1C. The molecule has 2 atom stereocenters. The number of rotatable bonds is 3. The van der Waals surface area contributed by atoms with Crippen molar-refractivity contribution in [2.24, 2.45) is 21.0 Å². The second-order valence-electron chi connectivity index (χ2n) is 9.67. The molecular formula is C29H26N4O2. The number of amides is 2. The summed E-state index contributed by atoms with van der Waals surface area (Å²) in [7, 11) is 0. The Morgan fingerprint density at radius 2 is 1.09 bits per heavy atom. The van der Waals surface area contributed by atoms with Crippen LogP contribution in [0.15, 0.2) is 89.1 Å². The number of benzene rings is 3. The first kappa shape index (κ1) is 21.5. The molecule has 3 aromatic rings. The van der Waals surface area contributed by atoms with Gasteiger partial charge < -0.3 is 0 Å². The van der Waals surface area contributed by atoms with Gasteiger partial charge in [-0.1, -0.05) is 54.6 Å². The Hall–Kier alpha value is -4.06. The fraction of sp³-hybridized carbons (Fsp3) is 0.241. The molecule has 2 spiro atoms. The van der Waals surface area contributed by atoms with Gasteiger partial charge in [0.15, 0.2) is 0 Å². The Morgan fingerprint density at radius 3 is 1.51 bits per heavy atom. The summed E-state index contributed by atoms with van der Waals surface area (Å²) < 4.78 is 0. The Morgan fingerprint density at radius 1 is 0.629 bits per heavy atom. The molecule has 6 heteroatoms. The van der Waals surface area contributed by atoms with E-state index in [1.807, 2.05) is 80.6 Å². The predicted octanol–water partition coefficient (Wildman–Crippen LogP) is 5.22. The minimum absolute atomic E-state index is 0.178. The molecule has 0 N–H and O–H groups in total. The lowest BCUT2D eigenvalue weighted by molar-refractivity contribution is -0.126. The van der Waals surface area contributed by atoms with Crippen molar-refractivity contribution in [1.82, 2.24) is 0 Å². The number of fused-ring (bicyclic) bond motifs is 1. The van der Waals surface area contributed by atoms with E-state index in [0.29, 0.717) is 22.8 Å². The van der Waals surface area contributed by atoms with Crippen LogP contribution in [0.4, 0.5) is 11.4 Å². The lowest BCUT2D eigenvalue weighted by Gasteiger charge is -2.18. The van der Waals surface area contributed by atoms with Crippen LogP contribution in [0.5, 0.6) is 0 Å². The van der Waals surface area contributed by atoms with Crippen molar-refractivity contribution in [3.05, 3.63) is 95.6 Å². The lowest BCUT2D eigenvalue weighted by Crippen LogP contribution is -2.40. The summed E-state index contributed by atoms with van der Waals surface area (Å²) in [4.78, 5) is 28.6. The fourth-order valence-corrected chi connectivity index (χ4v) is 6.17. The number of carbonyl (C=O) groups excluding carboxylic acids is 2. The van der Waals surface area contributed by atoms with E-state index in [2.05, 4.69) is 26.0 Å². The maximum atomic E-state index is 14.3. The number of carbonyl (C=O) groups is 2. The third kappa shape index (κ3) is 2.54. The van der Waals surface area contributed by atoms with Crippen molar-refractivity contribution in [3.8, 4) is 0 Å². The van der Waals surface area contributed by atoms with E-state index in [-0.39, 0.29) is 17.7 Å². The first-order chi connectivity index (χ1) is 16.8. The Balaban J connectivity index is 1.55. The average Bonchev–Trinajstić information content (AvgIpc) is 3.35. The van der Waals surface area contributed by atoms with Gasteiger partial charge in [-0.2, -0.15) is 20.2 Å². The third-order valence-electron chi connectivity index (χ3n) is 7.97. The zero-order valence-electron chi connectivity index (χ0n) is 20.2. The minimum Gasteiger partial charge on any atom is -0.271 e. The molecule has 0 aromatic heterocycles. The van der Waals surface area contributed by atoms with Crippen molar-refractivity contribution in [2.75, 3.05) is 10.0 Å². The number of hydrogen-bond donors (Lipinski definition) is 0. The molecule has 1 aliphatic carbocycles. The second kappa shape index (κ2) is 7.22. The summed E-state index contributed by atoms with van der Waals surface area (Å²) in [5, 5.41) is 12.4. The third-order valence-corrected chi connectivity index (χ3v) is 7.97. The Kier molecular flexibility index (Phi) is 4.43. The smallest absolute Gasteiger partial charge is 0.261 e. The number of hydrogen-bond acceptors (Lipinski definition) is 4. The molecule has 1 fully saturated rings. The van der Waals surface area contributed by atoms with Crippen molar-refractivity contribution < 1.29 is 9.59 Å². The van der Waals surface area contributed by atoms with Gasteiger partial charge in [0, 0.05) is 5.92 Å². The van der Waals surface area contributed by atoms with Gasteiger partial charge in [-0.3, -0.25) is 9.59 Å². The summed E-state index contributed by atoms with van der Waals surface area (Å²) >= 11 is 0. The van der Waals surface area contributed by atoms with Gasteiger partial charge in [0.2, 0.25) is 0 Å². The van der Waals surface area contributed by atoms with Crippen LogP contribution in [0.3, 0.4) is 0 Å². The van der Waals surface area contributed by atoms with Crippen molar-refractivity contribution in [3.63, 3.8) is 0 Å². The predicted molar refractivity (Wildman–Crippen MR) is 138 cm³/mol. The van der Waals surface area contributed by atoms with Crippen LogP contribution in [-0.2, 0) is 9.59 Å². The highest BCUT2D eigenvalue weighted by Gasteiger charge is 2.91. The van der Waals surface area contributed by atoms with E-state index in [0.717, 1.165) is 11.1 Å². The molecule has 2 amide bonds. The first-order valence-electron chi connectivity index (χ1n) is 11.8. The summed E-state index contributed by atoms with van der Waals surface area (Å²) in [5.74, 6) is -0.742. The molecule has 0 bridgehead atoms. The highest BCUT2D eigenvalue weighted by molar-refractivity contribution is 6.37. The van der Waals surface area contributed by atoms with Crippen LogP contribution < -0.4 is 10.0 Å². The van der Waals surface area contributed by atoms with Crippen LogP contribution in [0.25, 0.3) is 0 Å². The highest BCUT2D eigenvalue weighted by atomic mass is 16.2. The van der Waals surface area contributed by atoms with Crippen molar-refractivity contribution in [2.45, 2.75) is 33.6 Å². The normalized spacial score (nSPS) is 27.1. The average molecular weight is 463 g/mol. The molecular weight excluding hydrogens is 436 g/mol. The molecule has 3 aliphatic rings. The Labute approximate surface area is 204 Å². The molecule has 0 saturated heterocycles. The zero-order chi connectivity index (χ0) is 24.5. The van der Waals surface area contributed by atoms with Crippen LogP contribution in [-0.4, -0.2) is 23.2 Å². The number of aryl methyl sites for hydroxylation is 2. The van der Waals surface area contributed by atoms with Gasteiger partial charge in [-0.05, 0) is 68.7 Å². The number of nitrogens with zero attached hydrogens (tertiary/aromatic N) is 4. The quantitative estimate of drug-likeness (QED) is 0.536. The fourth-order valence-electron chi connectivity index (χ4n) is 6.17. The van der Waals surface area contributed by atoms with Crippen LogP contribution >= 0.6 is 0 Å². The van der Waals surface area contributed by atoms with Crippen molar-refractivity contribution in [1.29, 1.82) is 0 Å². The number of anilines is 2. The second-order valence-corrected chi connectivity index (χ2v) is 9.67. The molecule has 3 aromatic carbocycles. The van der Waals surface area contributed by atoms with Gasteiger partial charge in [-0.25, -0.2) is 0 Å². The van der Waals surface area contributed by atoms with Crippen LogP contribution in [0, 0.1) is 24.7 Å². The largest absolute Gasteiger partial charge is 0.271 e. The molecule has 1 saturated carbocycles. The lowest BCUT2D eigenvalue weighted by atomic mass is 9.85. The summed E-state index contributed by atoms with van der Waals surface area (Å²) in [6.07, 6.45) is 0. The van der Waals surface area contributed by atoms with E-state index >= 15 is 0 Å². The van der Waals surface area contributed by atoms with Crippen molar-refractivity contribution >= 4 is 34.6 Å². The maximum Gasteiger partial charge on any atom is 0.261 e. The minimum atomic E-state index is -1.11. The van der Waals surface area contributed by atoms with E-state index in [9.17, 15) is 9.59 Å². The molecule has 0 unspecified atom stereocenters. The summed E-state index contributed by atoms with van der Waals surface area (Å²) in [5.41, 5.74) is 3.70. The van der Waals surface area contributed by atoms with Gasteiger partial charge in [0.05, 0.1) is 22.8 Å². The van der Waals surface area contributed by atoms with Gasteiger partial charge in [0.1, 0.15) is 10.8 Å². The topological polar surface area (TPSA) is 65.3 Å². The Bertz CT molecular complexity index is 1360. The summed E-state index contributed by atoms with van der Waals surface area (Å²) in [6, 6.07) is 25.0. The molecule has 6 nitrogen and oxygen atoms in total. The number of hydrazone groups is 2. The number of para-hydroxylation sites is 2.